The van der Waals surface area contributed by atoms with Gasteiger partial charge in [0, 0.05) is 14.2 Å². The van der Waals surface area contributed by atoms with Crippen molar-refractivity contribution in [2.75, 3.05) is 27.4 Å². The number of hydrogen-bond acceptors (Lipinski definition) is 4. The van der Waals surface area contributed by atoms with Gasteiger partial charge in [-0.25, -0.2) is 0 Å². The zero-order chi connectivity index (χ0) is 8.60. The third-order valence-corrected chi connectivity index (χ3v) is 2.83. The van der Waals surface area contributed by atoms with Gasteiger partial charge in [-0.2, -0.15) is 0 Å². The van der Waals surface area contributed by atoms with Crippen LogP contribution in [0, 0.1) is 0 Å². The Morgan fingerprint density at radius 2 is 2.17 bits per heavy atom. The van der Waals surface area contributed by atoms with E-state index in [0.717, 1.165) is 13.0 Å². The lowest BCUT2D eigenvalue weighted by Crippen LogP contribution is -2.51. The quantitative estimate of drug-likeness (QED) is 0.584. The highest BCUT2D eigenvalue weighted by Crippen LogP contribution is 2.32. The Morgan fingerprint density at radius 1 is 1.42 bits per heavy atom. The molecule has 0 amide bonds. The van der Waals surface area contributed by atoms with E-state index >= 15 is 0 Å². The molecule has 12 heavy (non-hydrogen) atoms. The highest BCUT2D eigenvalue weighted by Gasteiger charge is 2.52. The molecular weight excluding hydrogens is 158 g/mol. The van der Waals surface area contributed by atoms with Gasteiger partial charge in [0.15, 0.2) is 0 Å². The molecule has 1 N–H and O–H groups in total. The summed E-state index contributed by atoms with van der Waals surface area (Å²) in [7, 11) is 3.32. The van der Waals surface area contributed by atoms with Crippen molar-refractivity contribution in [3.8, 4) is 0 Å². The normalized spacial score (nSPS) is 38.5. The predicted octanol–water partition coefficient (Wildman–Crippen LogP) is -0.264. The van der Waals surface area contributed by atoms with E-state index < -0.39 is 5.79 Å². The minimum absolute atomic E-state index is 0.201. The first-order chi connectivity index (χ1) is 5.82. The average molecular weight is 173 g/mol. The van der Waals surface area contributed by atoms with Crippen molar-refractivity contribution in [2.24, 2.45) is 0 Å². The van der Waals surface area contributed by atoms with Crippen LogP contribution in [0.2, 0.25) is 0 Å². The van der Waals surface area contributed by atoms with E-state index in [9.17, 15) is 0 Å². The van der Waals surface area contributed by atoms with Crippen LogP contribution in [-0.2, 0) is 14.2 Å². The molecule has 0 aromatic heterocycles. The standard InChI is InChI=1S/C8H15NO3/c1-10-8(11-2)5-12-6-3-4-9-7(6)8/h6-7,9H,3-5H2,1-2H3/t6-,7+/m1/s1. The minimum atomic E-state index is -0.554. The third-order valence-electron chi connectivity index (χ3n) is 2.83. The summed E-state index contributed by atoms with van der Waals surface area (Å²) in [6, 6.07) is 0.201. The van der Waals surface area contributed by atoms with Crippen molar-refractivity contribution in [2.45, 2.75) is 24.4 Å². The molecule has 2 fully saturated rings. The summed E-state index contributed by atoms with van der Waals surface area (Å²) in [6.07, 6.45) is 1.32. The number of fused-ring (bicyclic) bond motifs is 1. The van der Waals surface area contributed by atoms with E-state index in [1.165, 1.54) is 0 Å². The highest BCUT2D eigenvalue weighted by atomic mass is 16.7. The summed E-state index contributed by atoms with van der Waals surface area (Å²) in [6.45, 7) is 1.52. The van der Waals surface area contributed by atoms with Gasteiger partial charge < -0.3 is 19.5 Å². The number of nitrogens with one attached hydrogen (secondary N) is 1. The first kappa shape index (κ1) is 8.44. The van der Waals surface area contributed by atoms with Crippen LogP contribution in [0.1, 0.15) is 6.42 Å². The summed E-state index contributed by atoms with van der Waals surface area (Å²) in [5, 5.41) is 3.34. The Hall–Kier alpha value is -0.160. The highest BCUT2D eigenvalue weighted by molar-refractivity contribution is 5.01. The van der Waals surface area contributed by atoms with Crippen molar-refractivity contribution >= 4 is 0 Å². The van der Waals surface area contributed by atoms with Crippen LogP contribution in [0.5, 0.6) is 0 Å². The summed E-state index contributed by atoms with van der Waals surface area (Å²) < 4.78 is 16.3. The van der Waals surface area contributed by atoms with Crippen LogP contribution in [0.3, 0.4) is 0 Å². The second-order valence-corrected chi connectivity index (χ2v) is 3.29. The monoisotopic (exact) mass is 173 g/mol. The molecule has 0 bridgehead atoms. The molecule has 0 saturated carbocycles. The summed E-state index contributed by atoms with van der Waals surface area (Å²) >= 11 is 0. The van der Waals surface area contributed by atoms with Crippen LogP contribution in [-0.4, -0.2) is 45.3 Å². The summed E-state index contributed by atoms with van der Waals surface area (Å²) in [5.41, 5.74) is 0. The maximum absolute atomic E-state index is 5.56. The van der Waals surface area contributed by atoms with Gasteiger partial charge in [-0.05, 0) is 13.0 Å². The van der Waals surface area contributed by atoms with Crippen molar-refractivity contribution in [3.63, 3.8) is 0 Å². The minimum Gasteiger partial charge on any atom is -0.371 e. The van der Waals surface area contributed by atoms with Gasteiger partial charge in [0.05, 0.1) is 12.1 Å². The van der Waals surface area contributed by atoms with Crippen molar-refractivity contribution < 1.29 is 14.2 Å². The molecule has 0 aromatic carbocycles. The van der Waals surface area contributed by atoms with Crippen LogP contribution in [0.4, 0.5) is 0 Å². The van der Waals surface area contributed by atoms with E-state index in [2.05, 4.69) is 5.32 Å². The smallest absolute Gasteiger partial charge is 0.209 e. The second kappa shape index (κ2) is 2.96. The lowest BCUT2D eigenvalue weighted by atomic mass is 10.1. The van der Waals surface area contributed by atoms with Gasteiger partial charge in [-0.15, -0.1) is 0 Å². The molecule has 4 heteroatoms. The topological polar surface area (TPSA) is 39.7 Å². The molecule has 0 radical (unpaired) electrons. The zero-order valence-electron chi connectivity index (χ0n) is 7.50. The fourth-order valence-electron chi connectivity index (χ4n) is 2.07. The molecule has 0 unspecified atom stereocenters. The second-order valence-electron chi connectivity index (χ2n) is 3.29. The first-order valence-electron chi connectivity index (χ1n) is 4.28. The fraction of sp³-hybridized carbons (Fsp3) is 1.00. The average Bonchev–Trinajstić information content (AvgIpc) is 2.64. The first-order valence-corrected chi connectivity index (χ1v) is 4.28. The molecule has 2 atom stereocenters. The van der Waals surface area contributed by atoms with Gasteiger partial charge in [-0.3, -0.25) is 0 Å². The molecule has 2 aliphatic rings. The number of ether oxygens (including phenoxy) is 3. The van der Waals surface area contributed by atoms with Gasteiger partial charge in [0.2, 0.25) is 5.79 Å². The van der Waals surface area contributed by atoms with Crippen molar-refractivity contribution in [1.29, 1.82) is 0 Å². The largest absolute Gasteiger partial charge is 0.371 e. The van der Waals surface area contributed by atoms with Crippen LogP contribution in [0.25, 0.3) is 0 Å². The molecule has 2 rings (SSSR count). The predicted molar refractivity (Wildman–Crippen MR) is 42.9 cm³/mol. The molecule has 2 heterocycles. The molecule has 0 aromatic rings. The SMILES string of the molecule is COC1(OC)CO[C@@H]2CCN[C@@H]21. The lowest BCUT2D eigenvalue weighted by Gasteiger charge is -2.29. The summed E-state index contributed by atoms with van der Waals surface area (Å²) in [4.78, 5) is 0. The molecule has 2 aliphatic heterocycles. The molecule has 4 nitrogen and oxygen atoms in total. The molecular formula is C8H15NO3. The van der Waals surface area contributed by atoms with E-state index in [1.54, 1.807) is 14.2 Å². The Balaban J connectivity index is 2.15. The zero-order valence-corrected chi connectivity index (χ0v) is 7.50. The maximum Gasteiger partial charge on any atom is 0.209 e. The van der Waals surface area contributed by atoms with Gasteiger partial charge >= 0.3 is 0 Å². The Bertz CT molecular complexity index is 170. The van der Waals surface area contributed by atoms with E-state index in [-0.39, 0.29) is 12.1 Å². The van der Waals surface area contributed by atoms with Gasteiger partial charge in [0.1, 0.15) is 6.61 Å². The van der Waals surface area contributed by atoms with Crippen molar-refractivity contribution in [3.05, 3.63) is 0 Å². The fourth-order valence-corrected chi connectivity index (χ4v) is 2.07. The van der Waals surface area contributed by atoms with E-state index in [1.807, 2.05) is 0 Å². The molecule has 0 aliphatic carbocycles. The number of methoxy groups -OCH3 is 2. The third kappa shape index (κ3) is 0.992. The molecule has 70 valence electrons. The van der Waals surface area contributed by atoms with E-state index in [0.29, 0.717) is 6.61 Å². The van der Waals surface area contributed by atoms with Crippen LogP contribution < -0.4 is 5.32 Å². The molecule has 2 saturated heterocycles. The maximum atomic E-state index is 5.56. The lowest BCUT2D eigenvalue weighted by molar-refractivity contribution is -0.213. The van der Waals surface area contributed by atoms with Gasteiger partial charge in [0.25, 0.3) is 0 Å². The van der Waals surface area contributed by atoms with Crippen LogP contribution >= 0.6 is 0 Å². The van der Waals surface area contributed by atoms with Crippen molar-refractivity contribution in [1.82, 2.24) is 5.32 Å². The number of rotatable bonds is 2. The Kier molecular flexibility index (Phi) is 2.08. The number of hydrogen-bond donors (Lipinski definition) is 1. The van der Waals surface area contributed by atoms with Gasteiger partial charge in [-0.1, -0.05) is 0 Å². The Labute approximate surface area is 72.2 Å². The van der Waals surface area contributed by atoms with E-state index in [4.69, 9.17) is 14.2 Å². The van der Waals surface area contributed by atoms with Crippen LogP contribution in [0.15, 0.2) is 0 Å². The molecule has 0 spiro atoms. The Morgan fingerprint density at radius 3 is 2.83 bits per heavy atom. The summed E-state index contributed by atoms with van der Waals surface area (Å²) in [5.74, 6) is -0.554.